The molecule has 0 bridgehead atoms. The summed E-state index contributed by atoms with van der Waals surface area (Å²) in [4.78, 5) is 11.2. The highest BCUT2D eigenvalue weighted by Gasteiger charge is 2.13. The third kappa shape index (κ3) is 2.28. The van der Waals surface area contributed by atoms with Gasteiger partial charge in [-0.1, -0.05) is 15.9 Å². The van der Waals surface area contributed by atoms with Crippen molar-refractivity contribution in [1.29, 1.82) is 0 Å². The van der Waals surface area contributed by atoms with Crippen molar-refractivity contribution in [2.24, 2.45) is 0 Å². The number of alkyl halides is 1. The summed E-state index contributed by atoms with van der Waals surface area (Å²) in [6, 6.07) is 2.74. The Morgan fingerprint density at radius 2 is 2.15 bits per heavy atom. The Kier molecular flexibility index (Phi) is 3.44. The topological polar surface area (TPSA) is 43.1 Å². The SMILES string of the molecule is Nc1cc(Br)c(F)c(C(=O)CBr)c1. The molecule has 0 atom stereocenters. The molecule has 0 aliphatic carbocycles. The minimum absolute atomic E-state index is 0.00347. The molecular weight excluding hydrogens is 305 g/mol. The van der Waals surface area contributed by atoms with Gasteiger partial charge in [-0.3, -0.25) is 4.79 Å². The maximum atomic E-state index is 13.3. The van der Waals surface area contributed by atoms with Crippen LogP contribution < -0.4 is 5.73 Å². The van der Waals surface area contributed by atoms with E-state index in [2.05, 4.69) is 31.9 Å². The van der Waals surface area contributed by atoms with E-state index >= 15 is 0 Å². The lowest BCUT2D eigenvalue weighted by Gasteiger charge is -2.03. The van der Waals surface area contributed by atoms with Gasteiger partial charge < -0.3 is 5.73 Å². The first-order chi connectivity index (χ1) is 6.06. The Morgan fingerprint density at radius 3 is 2.69 bits per heavy atom. The number of anilines is 1. The van der Waals surface area contributed by atoms with E-state index in [-0.39, 0.29) is 21.1 Å². The predicted molar refractivity (Wildman–Crippen MR) is 56.6 cm³/mol. The monoisotopic (exact) mass is 309 g/mol. The maximum absolute atomic E-state index is 13.3. The fourth-order valence-corrected chi connectivity index (χ4v) is 1.66. The van der Waals surface area contributed by atoms with Crippen molar-refractivity contribution in [3.63, 3.8) is 0 Å². The highest BCUT2D eigenvalue weighted by atomic mass is 79.9. The number of rotatable bonds is 2. The second-order valence-electron chi connectivity index (χ2n) is 2.42. The van der Waals surface area contributed by atoms with E-state index in [1.807, 2.05) is 0 Å². The second-order valence-corrected chi connectivity index (χ2v) is 3.84. The molecule has 0 radical (unpaired) electrons. The van der Waals surface area contributed by atoms with Crippen LogP contribution in [0.15, 0.2) is 16.6 Å². The van der Waals surface area contributed by atoms with Gasteiger partial charge in [-0.15, -0.1) is 0 Å². The molecule has 0 fully saturated rings. The standard InChI is InChI=1S/C8H6Br2FNO/c9-3-7(13)5-1-4(12)2-6(10)8(5)11/h1-2H,3,12H2. The van der Waals surface area contributed by atoms with Crippen LogP contribution in [0.5, 0.6) is 0 Å². The van der Waals surface area contributed by atoms with Crippen molar-refractivity contribution >= 4 is 43.3 Å². The van der Waals surface area contributed by atoms with Gasteiger partial charge in [0.05, 0.1) is 15.4 Å². The van der Waals surface area contributed by atoms with Crippen LogP contribution in [0.1, 0.15) is 10.4 Å². The average Bonchev–Trinajstić information content (AvgIpc) is 2.10. The van der Waals surface area contributed by atoms with Gasteiger partial charge in [-0.2, -0.15) is 0 Å². The molecule has 5 heteroatoms. The van der Waals surface area contributed by atoms with Crippen molar-refractivity contribution in [1.82, 2.24) is 0 Å². The van der Waals surface area contributed by atoms with Gasteiger partial charge in [0.25, 0.3) is 0 Å². The molecule has 0 aliphatic heterocycles. The lowest BCUT2D eigenvalue weighted by atomic mass is 10.1. The third-order valence-corrected chi connectivity index (χ3v) is 2.56. The van der Waals surface area contributed by atoms with Gasteiger partial charge >= 0.3 is 0 Å². The Hall–Kier alpha value is -0.420. The van der Waals surface area contributed by atoms with E-state index in [1.54, 1.807) is 0 Å². The molecule has 0 unspecified atom stereocenters. The third-order valence-electron chi connectivity index (χ3n) is 1.47. The molecule has 0 amide bonds. The van der Waals surface area contributed by atoms with Crippen LogP contribution in [-0.2, 0) is 0 Å². The highest BCUT2D eigenvalue weighted by Crippen LogP contribution is 2.23. The molecule has 1 rings (SSSR count). The zero-order valence-electron chi connectivity index (χ0n) is 6.48. The average molecular weight is 311 g/mol. The molecule has 0 saturated carbocycles. The molecule has 1 aromatic carbocycles. The summed E-state index contributed by atoms with van der Waals surface area (Å²) in [6.45, 7) is 0. The molecule has 0 saturated heterocycles. The van der Waals surface area contributed by atoms with E-state index in [9.17, 15) is 9.18 Å². The van der Waals surface area contributed by atoms with E-state index in [4.69, 9.17) is 5.73 Å². The number of ketones is 1. The summed E-state index contributed by atoms with van der Waals surface area (Å²) in [6.07, 6.45) is 0. The van der Waals surface area contributed by atoms with E-state index in [0.29, 0.717) is 5.69 Å². The molecule has 70 valence electrons. The van der Waals surface area contributed by atoms with Crippen LogP contribution in [0, 0.1) is 5.82 Å². The predicted octanol–water partition coefficient (Wildman–Crippen LogP) is 2.75. The Morgan fingerprint density at radius 1 is 1.54 bits per heavy atom. The quantitative estimate of drug-likeness (QED) is 0.518. The van der Waals surface area contributed by atoms with Crippen molar-refractivity contribution in [3.8, 4) is 0 Å². The van der Waals surface area contributed by atoms with Gasteiger partial charge in [-0.05, 0) is 28.1 Å². The van der Waals surface area contributed by atoms with Crippen molar-refractivity contribution in [2.45, 2.75) is 0 Å². The number of benzene rings is 1. The van der Waals surface area contributed by atoms with Crippen molar-refractivity contribution < 1.29 is 9.18 Å². The summed E-state index contributed by atoms with van der Waals surface area (Å²) in [5.74, 6) is -0.899. The summed E-state index contributed by atoms with van der Waals surface area (Å²) >= 11 is 5.93. The Labute approximate surface area is 91.6 Å². The molecule has 1 aromatic rings. The first-order valence-electron chi connectivity index (χ1n) is 3.40. The van der Waals surface area contributed by atoms with Gasteiger partial charge in [0.15, 0.2) is 5.78 Å². The maximum Gasteiger partial charge on any atom is 0.176 e. The number of carbonyl (C=O) groups excluding carboxylic acids is 1. The molecule has 0 spiro atoms. The van der Waals surface area contributed by atoms with Crippen LogP contribution in [0.4, 0.5) is 10.1 Å². The number of nitrogens with two attached hydrogens (primary N) is 1. The number of hydrogen-bond donors (Lipinski definition) is 1. The van der Waals surface area contributed by atoms with Gasteiger partial charge in [-0.25, -0.2) is 4.39 Å². The molecule has 0 aliphatic rings. The lowest BCUT2D eigenvalue weighted by Crippen LogP contribution is -2.05. The van der Waals surface area contributed by atoms with Crippen LogP contribution in [0.3, 0.4) is 0 Å². The Bertz CT molecular complexity index is 354. The molecule has 2 N–H and O–H groups in total. The van der Waals surface area contributed by atoms with Crippen molar-refractivity contribution in [3.05, 3.63) is 28.0 Å². The fourth-order valence-electron chi connectivity index (χ4n) is 0.885. The summed E-state index contributed by atoms with van der Waals surface area (Å²) in [5.41, 5.74) is 5.82. The normalized spacial score (nSPS) is 10.1. The second kappa shape index (κ2) is 4.19. The fraction of sp³-hybridized carbons (Fsp3) is 0.125. The first kappa shape index (κ1) is 10.7. The Balaban J connectivity index is 3.28. The molecule has 2 nitrogen and oxygen atoms in total. The van der Waals surface area contributed by atoms with Crippen molar-refractivity contribution in [2.75, 3.05) is 11.1 Å². The molecule has 0 aromatic heterocycles. The number of Topliss-reactive ketones (excluding diaryl/α,β-unsaturated/α-hetero) is 1. The van der Waals surface area contributed by atoms with E-state index in [1.165, 1.54) is 12.1 Å². The summed E-state index contributed by atoms with van der Waals surface area (Å²) < 4.78 is 13.5. The zero-order valence-corrected chi connectivity index (χ0v) is 9.65. The van der Waals surface area contributed by atoms with Crippen LogP contribution >= 0.6 is 31.9 Å². The van der Waals surface area contributed by atoms with Gasteiger partial charge in [0.1, 0.15) is 5.82 Å². The molecule has 13 heavy (non-hydrogen) atoms. The van der Waals surface area contributed by atoms with Crippen LogP contribution in [0.2, 0.25) is 0 Å². The first-order valence-corrected chi connectivity index (χ1v) is 5.31. The number of hydrogen-bond acceptors (Lipinski definition) is 2. The lowest BCUT2D eigenvalue weighted by molar-refractivity contribution is 0.102. The van der Waals surface area contributed by atoms with E-state index < -0.39 is 5.82 Å². The van der Waals surface area contributed by atoms with Crippen LogP contribution in [0.25, 0.3) is 0 Å². The van der Waals surface area contributed by atoms with Crippen LogP contribution in [-0.4, -0.2) is 11.1 Å². The smallest absolute Gasteiger partial charge is 0.176 e. The van der Waals surface area contributed by atoms with E-state index in [0.717, 1.165) is 0 Å². The number of halogens is 3. The highest BCUT2D eigenvalue weighted by molar-refractivity contribution is 9.10. The molecular formula is C8H6Br2FNO. The summed E-state index contributed by atoms with van der Waals surface area (Å²) in [5, 5.41) is 0.0831. The number of carbonyl (C=O) groups is 1. The largest absolute Gasteiger partial charge is 0.399 e. The van der Waals surface area contributed by atoms with Gasteiger partial charge in [0.2, 0.25) is 0 Å². The number of nitrogen functional groups attached to an aromatic ring is 1. The minimum Gasteiger partial charge on any atom is -0.399 e. The summed E-state index contributed by atoms with van der Waals surface area (Å²) in [7, 11) is 0. The minimum atomic E-state index is -0.571. The molecule has 0 heterocycles. The van der Waals surface area contributed by atoms with Gasteiger partial charge in [0, 0.05) is 5.69 Å². The zero-order chi connectivity index (χ0) is 10.0.